The van der Waals surface area contributed by atoms with Gasteiger partial charge in [0.15, 0.2) is 0 Å². The number of para-hydroxylation sites is 2. The molecule has 3 aromatic rings. The highest BCUT2D eigenvalue weighted by molar-refractivity contribution is 5.88. The van der Waals surface area contributed by atoms with Crippen LogP contribution in [0.15, 0.2) is 24.3 Å². The predicted molar refractivity (Wildman–Crippen MR) is 104 cm³/mol. The van der Waals surface area contributed by atoms with Crippen LogP contribution in [0.4, 0.5) is 5.95 Å². The average Bonchev–Trinajstić information content (AvgIpc) is 3.28. The highest BCUT2D eigenvalue weighted by atomic mass is 16.1. The van der Waals surface area contributed by atoms with Gasteiger partial charge in [0.25, 0.3) is 0 Å². The van der Waals surface area contributed by atoms with E-state index in [1.54, 1.807) is 0 Å². The highest BCUT2D eigenvalue weighted by Gasteiger charge is 2.19. The maximum atomic E-state index is 12.2. The third-order valence-electron chi connectivity index (χ3n) is 5.43. The molecule has 1 saturated carbocycles. The Bertz CT molecular complexity index is 922. The van der Waals surface area contributed by atoms with Crippen LogP contribution in [-0.2, 0) is 18.3 Å². The quantitative estimate of drug-likeness (QED) is 0.696. The number of nitrogens with one attached hydrogen (secondary N) is 2. The Balaban J connectivity index is 1.28. The van der Waals surface area contributed by atoms with E-state index in [-0.39, 0.29) is 5.91 Å². The third-order valence-corrected chi connectivity index (χ3v) is 5.43. The smallest absolute Gasteiger partial charge is 0.248 e. The second kappa shape index (κ2) is 7.90. The summed E-state index contributed by atoms with van der Waals surface area (Å²) in [5.41, 5.74) is 2.11. The molecule has 1 aliphatic carbocycles. The number of aryl methyl sites for hydroxylation is 2. The third kappa shape index (κ3) is 4.02. The summed E-state index contributed by atoms with van der Waals surface area (Å²) in [6, 6.07) is 8.08. The Morgan fingerprint density at radius 2 is 2.04 bits per heavy atom. The molecule has 0 unspecified atom stereocenters. The number of carbonyl (C=O) groups excluding carboxylic acids is 1. The van der Waals surface area contributed by atoms with Crippen LogP contribution in [0.25, 0.3) is 11.0 Å². The summed E-state index contributed by atoms with van der Waals surface area (Å²) in [6.45, 7) is 0. The predicted octanol–water partition coefficient (Wildman–Crippen LogP) is 3.70. The van der Waals surface area contributed by atoms with E-state index < -0.39 is 0 Å². The van der Waals surface area contributed by atoms with Gasteiger partial charge in [0, 0.05) is 25.8 Å². The fourth-order valence-corrected chi connectivity index (χ4v) is 3.90. The first kappa shape index (κ1) is 17.7. The molecule has 0 bridgehead atoms. The number of aromatic nitrogens is 5. The molecule has 7 heteroatoms. The van der Waals surface area contributed by atoms with Gasteiger partial charge in [0.1, 0.15) is 11.6 Å². The summed E-state index contributed by atoms with van der Waals surface area (Å²) in [4.78, 5) is 21.3. The van der Waals surface area contributed by atoms with Crippen LogP contribution in [0.2, 0.25) is 0 Å². The summed E-state index contributed by atoms with van der Waals surface area (Å²) >= 11 is 0. The molecule has 1 fully saturated rings. The van der Waals surface area contributed by atoms with Gasteiger partial charge in [0.05, 0.1) is 11.0 Å². The molecule has 7 nitrogen and oxygen atoms in total. The standard InChI is InChI=1S/C20H26N6O/c1-26-16-11-6-5-10-15(16)21-17(26)12-7-13-18(27)22-20-23-19(24-25-20)14-8-3-2-4-9-14/h5-6,10-11,14H,2-4,7-9,12-13H2,1H3,(H2,22,23,24,25,27). The molecule has 27 heavy (non-hydrogen) atoms. The molecule has 0 saturated heterocycles. The van der Waals surface area contributed by atoms with Crippen LogP contribution < -0.4 is 5.32 Å². The first-order valence-electron chi connectivity index (χ1n) is 9.83. The minimum absolute atomic E-state index is 0.0528. The van der Waals surface area contributed by atoms with Crippen molar-refractivity contribution in [3.05, 3.63) is 35.9 Å². The summed E-state index contributed by atoms with van der Waals surface area (Å²) in [7, 11) is 2.02. The van der Waals surface area contributed by atoms with Crippen molar-refractivity contribution < 1.29 is 4.79 Å². The molecule has 1 amide bonds. The molecule has 1 aliphatic rings. The van der Waals surface area contributed by atoms with Gasteiger partial charge in [-0.1, -0.05) is 31.4 Å². The van der Waals surface area contributed by atoms with Crippen molar-refractivity contribution in [3.8, 4) is 0 Å². The fraction of sp³-hybridized carbons (Fsp3) is 0.500. The van der Waals surface area contributed by atoms with Gasteiger partial charge in [-0.2, -0.15) is 4.98 Å². The minimum Gasteiger partial charge on any atom is -0.331 e. The highest BCUT2D eigenvalue weighted by Crippen LogP contribution is 2.30. The van der Waals surface area contributed by atoms with E-state index in [2.05, 4.69) is 36.1 Å². The van der Waals surface area contributed by atoms with Gasteiger partial charge < -0.3 is 4.57 Å². The number of fused-ring (bicyclic) bond motifs is 1. The number of H-pyrrole nitrogens is 1. The first-order chi connectivity index (χ1) is 13.2. The van der Waals surface area contributed by atoms with Gasteiger partial charge in [0.2, 0.25) is 11.9 Å². The summed E-state index contributed by atoms with van der Waals surface area (Å²) < 4.78 is 2.10. The average molecular weight is 366 g/mol. The normalized spacial score (nSPS) is 15.3. The minimum atomic E-state index is -0.0528. The number of amides is 1. The van der Waals surface area contributed by atoms with Crippen LogP contribution in [0.5, 0.6) is 0 Å². The Labute approximate surface area is 158 Å². The van der Waals surface area contributed by atoms with Gasteiger partial charge in [-0.25, -0.2) is 4.98 Å². The van der Waals surface area contributed by atoms with Crippen LogP contribution in [0.1, 0.15) is 62.5 Å². The number of aromatic amines is 1. The van der Waals surface area contributed by atoms with Gasteiger partial charge in [-0.3, -0.25) is 15.2 Å². The van der Waals surface area contributed by atoms with E-state index in [0.29, 0.717) is 18.3 Å². The lowest BCUT2D eigenvalue weighted by Gasteiger charge is -2.18. The van der Waals surface area contributed by atoms with Gasteiger partial charge >= 0.3 is 0 Å². The first-order valence-corrected chi connectivity index (χ1v) is 9.83. The fourth-order valence-electron chi connectivity index (χ4n) is 3.90. The number of nitrogens with zero attached hydrogens (tertiary/aromatic N) is 4. The molecule has 2 heterocycles. The lowest BCUT2D eigenvalue weighted by molar-refractivity contribution is -0.116. The number of imidazole rings is 1. The number of hydrogen-bond donors (Lipinski definition) is 2. The van der Waals surface area contributed by atoms with Crippen LogP contribution in [0.3, 0.4) is 0 Å². The Kier molecular flexibility index (Phi) is 5.18. The van der Waals surface area contributed by atoms with Crippen LogP contribution in [-0.4, -0.2) is 30.6 Å². The van der Waals surface area contributed by atoms with Crippen molar-refractivity contribution in [2.45, 2.75) is 57.3 Å². The molecule has 2 aromatic heterocycles. The summed E-state index contributed by atoms with van der Waals surface area (Å²) in [6.07, 6.45) is 8.03. The molecule has 0 spiro atoms. The van der Waals surface area contributed by atoms with Crippen LogP contribution in [0, 0.1) is 0 Å². The van der Waals surface area contributed by atoms with E-state index >= 15 is 0 Å². The van der Waals surface area contributed by atoms with Gasteiger partial charge in [-0.15, -0.1) is 5.10 Å². The SMILES string of the molecule is Cn1c(CCCC(=O)Nc2n[nH]c(C3CCCCC3)n2)nc2ccccc21. The number of rotatable bonds is 6. The second-order valence-electron chi connectivity index (χ2n) is 7.36. The maximum Gasteiger partial charge on any atom is 0.248 e. The molecule has 4 rings (SSSR count). The molecule has 0 radical (unpaired) electrons. The molecule has 1 aromatic carbocycles. The largest absolute Gasteiger partial charge is 0.331 e. The van der Waals surface area contributed by atoms with Crippen molar-refractivity contribution in [3.63, 3.8) is 0 Å². The lowest BCUT2D eigenvalue weighted by atomic mass is 9.89. The molecule has 0 aliphatic heterocycles. The molecule has 142 valence electrons. The molecular formula is C20H26N6O. The van der Waals surface area contributed by atoms with Crippen molar-refractivity contribution in [1.29, 1.82) is 0 Å². The molecule has 2 N–H and O–H groups in total. The topological polar surface area (TPSA) is 88.5 Å². The van der Waals surface area contributed by atoms with Crippen molar-refractivity contribution in [2.75, 3.05) is 5.32 Å². The number of hydrogen-bond acceptors (Lipinski definition) is 4. The molecular weight excluding hydrogens is 340 g/mol. The van der Waals surface area contributed by atoms with E-state index in [4.69, 9.17) is 0 Å². The number of anilines is 1. The number of carbonyl (C=O) groups is 1. The summed E-state index contributed by atoms with van der Waals surface area (Å²) in [5.74, 6) is 2.70. The molecule has 0 atom stereocenters. The monoisotopic (exact) mass is 366 g/mol. The Morgan fingerprint density at radius 1 is 1.22 bits per heavy atom. The van der Waals surface area contributed by atoms with E-state index in [1.807, 2.05) is 25.2 Å². The zero-order valence-corrected chi connectivity index (χ0v) is 15.7. The zero-order valence-electron chi connectivity index (χ0n) is 15.7. The second-order valence-corrected chi connectivity index (χ2v) is 7.36. The number of benzene rings is 1. The lowest BCUT2D eigenvalue weighted by Crippen LogP contribution is -2.13. The van der Waals surface area contributed by atoms with Crippen LogP contribution >= 0.6 is 0 Å². The van der Waals surface area contributed by atoms with Crippen molar-refractivity contribution >= 4 is 22.9 Å². The van der Waals surface area contributed by atoms with Crippen molar-refractivity contribution in [1.82, 2.24) is 24.7 Å². The Hall–Kier alpha value is -2.70. The van der Waals surface area contributed by atoms with E-state index in [1.165, 1.54) is 19.3 Å². The Morgan fingerprint density at radius 3 is 2.85 bits per heavy atom. The maximum absolute atomic E-state index is 12.2. The summed E-state index contributed by atoms with van der Waals surface area (Å²) in [5, 5.41) is 9.96. The zero-order chi connectivity index (χ0) is 18.6. The van der Waals surface area contributed by atoms with Gasteiger partial charge in [-0.05, 0) is 31.4 Å². The van der Waals surface area contributed by atoms with Crippen molar-refractivity contribution in [2.24, 2.45) is 7.05 Å². The van der Waals surface area contributed by atoms with E-state index in [0.717, 1.165) is 48.4 Å². The van der Waals surface area contributed by atoms with E-state index in [9.17, 15) is 4.79 Å².